The second-order valence-electron chi connectivity index (χ2n) is 6.22. The number of para-hydroxylation sites is 1. The van der Waals surface area contributed by atoms with Crippen LogP contribution in [-0.4, -0.2) is 46.8 Å². The molecule has 24 heavy (non-hydrogen) atoms. The van der Waals surface area contributed by atoms with Crippen molar-refractivity contribution >= 4 is 16.8 Å². The van der Waals surface area contributed by atoms with E-state index in [1.807, 2.05) is 71.4 Å². The lowest BCUT2D eigenvalue weighted by Crippen LogP contribution is -2.38. The molecule has 4 rings (SSSR count). The Morgan fingerprint density at radius 2 is 2.00 bits per heavy atom. The summed E-state index contributed by atoms with van der Waals surface area (Å²) >= 11 is 0. The molecule has 0 bridgehead atoms. The van der Waals surface area contributed by atoms with Gasteiger partial charge in [-0.25, -0.2) is 4.68 Å². The molecule has 0 saturated carbocycles. The van der Waals surface area contributed by atoms with Crippen LogP contribution in [0.5, 0.6) is 0 Å². The predicted molar refractivity (Wildman–Crippen MR) is 94.4 cm³/mol. The topological polar surface area (TPSA) is 50.2 Å². The van der Waals surface area contributed by atoms with Crippen LogP contribution in [0, 0.1) is 0 Å². The van der Waals surface area contributed by atoms with Gasteiger partial charge in [-0.2, -0.15) is 5.10 Å². The molecule has 1 aliphatic heterocycles. The SMILES string of the molecule is CN(C(=O)c1ccc(-n2ncc3ccccc32)cc1)[C@@H]1CCNC1. The first-order valence-electron chi connectivity index (χ1n) is 8.25. The number of likely N-dealkylation sites (N-methyl/N-ethyl adjacent to an activating group) is 1. The van der Waals surface area contributed by atoms with Crippen molar-refractivity contribution in [1.82, 2.24) is 20.0 Å². The fourth-order valence-corrected chi connectivity index (χ4v) is 3.26. The van der Waals surface area contributed by atoms with Crippen molar-refractivity contribution in [3.63, 3.8) is 0 Å². The summed E-state index contributed by atoms with van der Waals surface area (Å²) in [6.45, 7) is 1.85. The van der Waals surface area contributed by atoms with Crippen molar-refractivity contribution in [2.75, 3.05) is 20.1 Å². The Morgan fingerprint density at radius 1 is 1.21 bits per heavy atom. The smallest absolute Gasteiger partial charge is 0.253 e. The number of hydrogen-bond donors (Lipinski definition) is 1. The molecule has 0 unspecified atom stereocenters. The van der Waals surface area contributed by atoms with Crippen LogP contribution < -0.4 is 5.32 Å². The first kappa shape index (κ1) is 14.9. The summed E-state index contributed by atoms with van der Waals surface area (Å²) < 4.78 is 1.90. The zero-order valence-electron chi connectivity index (χ0n) is 13.6. The van der Waals surface area contributed by atoms with Crippen molar-refractivity contribution in [1.29, 1.82) is 0 Å². The highest BCUT2D eigenvalue weighted by Crippen LogP contribution is 2.19. The van der Waals surface area contributed by atoms with E-state index in [2.05, 4.69) is 10.4 Å². The van der Waals surface area contributed by atoms with Gasteiger partial charge in [0.25, 0.3) is 5.91 Å². The van der Waals surface area contributed by atoms with E-state index in [1.165, 1.54) is 0 Å². The number of hydrogen-bond acceptors (Lipinski definition) is 3. The van der Waals surface area contributed by atoms with Gasteiger partial charge in [-0.15, -0.1) is 0 Å². The molecule has 5 heteroatoms. The van der Waals surface area contributed by atoms with Crippen LogP contribution in [0.2, 0.25) is 0 Å². The number of aromatic nitrogens is 2. The monoisotopic (exact) mass is 320 g/mol. The zero-order chi connectivity index (χ0) is 16.5. The third-order valence-electron chi connectivity index (χ3n) is 4.74. The summed E-state index contributed by atoms with van der Waals surface area (Å²) in [5.74, 6) is 0.0700. The molecule has 1 amide bonds. The van der Waals surface area contributed by atoms with Crippen molar-refractivity contribution in [2.45, 2.75) is 12.5 Å². The maximum atomic E-state index is 12.6. The molecule has 1 aliphatic rings. The van der Waals surface area contributed by atoms with Crippen LogP contribution in [0.25, 0.3) is 16.6 Å². The Bertz CT molecular complexity index is 862. The van der Waals surface area contributed by atoms with E-state index < -0.39 is 0 Å². The van der Waals surface area contributed by atoms with Gasteiger partial charge < -0.3 is 10.2 Å². The number of nitrogens with zero attached hydrogens (tertiary/aromatic N) is 3. The number of fused-ring (bicyclic) bond motifs is 1. The minimum Gasteiger partial charge on any atom is -0.337 e. The van der Waals surface area contributed by atoms with Gasteiger partial charge in [0.2, 0.25) is 0 Å². The largest absolute Gasteiger partial charge is 0.337 e. The van der Waals surface area contributed by atoms with Gasteiger partial charge in [0, 0.05) is 30.6 Å². The Kier molecular flexibility index (Phi) is 3.78. The maximum absolute atomic E-state index is 12.6. The number of amides is 1. The summed E-state index contributed by atoms with van der Waals surface area (Å²) in [5.41, 5.74) is 2.73. The fourth-order valence-electron chi connectivity index (χ4n) is 3.26. The Balaban J connectivity index is 1.59. The van der Waals surface area contributed by atoms with Crippen LogP contribution in [0.15, 0.2) is 54.7 Å². The fraction of sp³-hybridized carbons (Fsp3) is 0.263. The van der Waals surface area contributed by atoms with Gasteiger partial charge in [0.1, 0.15) is 0 Å². The first-order chi connectivity index (χ1) is 11.7. The quantitative estimate of drug-likeness (QED) is 0.806. The highest BCUT2D eigenvalue weighted by molar-refractivity contribution is 5.94. The molecule has 1 fully saturated rings. The Morgan fingerprint density at radius 3 is 2.75 bits per heavy atom. The molecule has 3 aromatic rings. The summed E-state index contributed by atoms with van der Waals surface area (Å²) in [7, 11) is 1.88. The first-order valence-corrected chi connectivity index (χ1v) is 8.25. The zero-order valence-corrected chi connectivity index (χ0v) is 13.6. The summed E-state index contributed by atoms with van der Waals surface area (Å²) in [5, 5.41) is 8.85. The van der Waals surface area contributed by atoms with Gasteiger partial charge >= 0.3 is 0 Å². The van der Waals surface area contributed by atoms with E-state index in [-0.39, 0.29) is 11.9 Å². The van der Waals surface area contributed by atoms with E-state index in [1.54, 1.807) is 0 Å². The molecule has 2 heterocycles. The lowest BCUT2D eigenvalue weighted by molar-refractivity contribution is 0.0744. The molecule has 0 spiro atoms. The molecular formula is C19H20N4O. The standard InChI is InChI=1S/C19H20N4O/c1-22(17-10-11-20-13-17)19(24)14-6-8-16(9-7-14)23-18-5-3-2-4-15(18)12-21-23/h2-9,12,17,20H,10-11,13H2,1H3/t17-/m1/s1. The number of carbonyl (C=O) groups excluding carboxylic acids is 1. The van der Waals surface area contributed by atoms with Crippen LogP contribution in [-0.2, 0) is 0 Å². The second kappa shape index (κ2) is 6.09. The van der Waals surface area contributed by atoms with Gasteiger partial charge in [-0.3, -0.25) is 4.79 Å². The molecule has 1 atom stereocenters. The molecule has 0 aliphatic carbocycles. The molecule has 1 N–H and O–H groups in total. The van der Waals surface area contributed by atoms with Gasteiger partial charge in [0.15, 0.2) is 0 Å². The normalized spacial score (nSPS) is 17.3. The van der Waals surface area contributed by atoms with Crippen LogP contribution in [0.3, 0.4) is 0 Å². The molecular weight excluding hydrogens is 300 g/mol. The molecule has 122 valence electrons. The Labute approximate surface area is 140 Å². The van der Waals surface area contributed by atoms with Crippen LogP contribution >= 0.6 is 0 Å². The van der Waals surface area contributed by atoms with Crippen molar-refractivity contribution in [3.8, 4) is 5.69 Å². The van der Waals surface area contributed by atoms with E-state index in [4.69, 9.17) is 0 Å². The van der Waals surface area contributed by atoms with Crippen molar-refractivity contribution in [2.24, 2.45) is 0 Å². The van der Waals surface area contributed by atoms with Crippen LogP contribution in [0.1, 0.15) is 16.8 Å². The van der Waals surface area contributed by atoms with Gasteiger partial charge in [-0.1, -0.05) is 18.2 Å². The lowest BCUT2D eigenvalue weighted by Gasteiger charge is -2.23. The number of rotatable bonds is 3. The second-order valence-corrected chi connectivity index (χ2v) is 6.22. The molecule has 5 nitrogen and oxygen atoms in total. The summed E-state index contributed by atoms with van der Waals surface area (Å²) in [6.07, 6.45) is 2.87. The number of nitrogens with one attached hydrogen (secondary N) is 1. The molecule has 1 saturated heterocycles. The van der Waals surface area contributed by atoms with E-state index in [0.717, 1.165) is 36.1 Å². The van der Waals surface area contributed by atoms with Crippen molar-refractivity contribution in [3.05, 3.63) is 60.3 Å². The molecule has 0 radical (unpaired) electrons. The third-order valence-corrected chi connectivity index (χ3v) is 4.74. The number of carbonyl (C=O) groups is 1. The van der Waals surface area contributed by atoms with Gasteiger partial charge in [-0.05, 0) is 43.3 Å². The third kappa shape index (κ3) is 2.57. The van der Waals surface area contributed by atoms with Crippen molar-refractivity contribution < 1.29 is 4.79 Å². The lowest BCUT2D eigenvalue weighted by atomic mass is 10.1. The number of benzene rings is 2. The van der Waals surface area contributed by atoms with Gasteiger partial charge in [0.05, 0.1) is 17.4 Å². The predicted octanol–water partition coefficient (Wildman–Crippen LogP) is 2.46. The minimum atomic E-state index is 0.0700. The maximum Gasteiger partial charge on any atom is 0.253 e. The Hall–Kier alpha value is -2.66. The molecule has 1 aromatic heterocycles. The highest BCUT2D eigenvalue weighted by atomic mass is 16.2. The minimum absolute atomic E-state index is 0.0700. The average Bonchev–Trinajstić information content (AvgIpc) is 3.30. The van der Waals surface area contributed by atoms with E-state index >= 15 is 0 Å². The molecule has 2 aromatic carbocycles. The van der Waals surface area contributed by atoms with Crippen LogP contribution in [0.4, 0.5) is 0 Å². The average molecular weight is 320 g/mol. The highest BCUT2D eigenvalue weighted by Gasteiger charge is 2.23. The van der Waals surface area contributed by atoms with E-state index in [0.29, 0.717) is 5.56 Å². The summed E-state index contributed by atoms with van der Waals surface area (Å²) in [6, 6.07) is 16.0. The summed E-state index contributed by atoms with van der Waals surface area (Å²) in [4.78, 5) is 14.5. The van der Waals surface area contributed by atoms with E-state index in [9.17, 15) is 4.79 Å².